The van der Waals surface area contributed by atoms with Crippen LogP contribution in [0.15, 0.2) is 66.0 Å². The molecule has 0 saturated carbocycles. The van der Waals surface area contributed by atoms with Gasteiger partial charge in [-0.15, -0.1) is 0 Å². The minimum Gasteiger partial charge on any atom is -0.356 e. The highest BCUT2D eigenvalue weighted by molar-refractivity contribution is 6.29. The number of guanidine groups is 1. The molecule has 2 heterocycles. The van der Waals surface area contributed by atoms with Crippen molar-refractivity contribution in [2.45, 2.75) is 19.5 Å². The molecular weight excluding hydrogens is 360 g/mol. The summed E-state index contributed by atoms with van der Waals surface area (Å²) in [5, 5.41) is 11.4. The minimum absolute atomic E-state index is 0.513. The van der Waals surface area contributed by atoms with Crippen LogP contribution in [0.1, 0.15) is 16.7 Å². The van der Waals surface area contributed by atoms with Gasteiger partial charge in [-0.05, 0) is 35.2 Å². The molecule has 0 spiro atoms. The average molecular weight is 383 g/mol. The van der Waals surface area contributed by atoms with Gasteiger partial charge in [0.25, 0.3) is 0 Å². The number of halogens is 1. The third-order valence-corrected chi connectivity index (χ3v) is 4.30. The Balaban J connectivity index is 1.46. The Labute approximate surface area is 164 Å². The van der Waals surface area contributed by atoms with Crippen molar-refractivity contribution in [2.24, 2.45) is 4.99 Å². The number of pyridine rings is 1. The average Bonchev–Trinajstić information content (AvgIpc) is 3.19. The molecule has 2 N–H and O–H groups in total. The molecular formula is C20H23ClN6. The van der Waals surface area contributed by atoms with Gasteiger partial charge < -0.3 is 10.6 Å². The van der Waals surface area contributed by atoms with E-state index < -0.39 is 0 Å². The van der Waals surface area contributed by atoms with E-state index in [0.717, 1.165) is 31.0 Å². The summed E-state index contributed by atoms with van der Waals surface area (Å²) in [6.07, 6.45) is 6.41. The highest BCUT2D eigenvalue weighted by Crippen LogP contribution is 2.07. The maximum atomic E-state index is 5.81. The van der Waals surface area contributed by atoms with E-state index in [4.69, 9.17) is 11.6 Å². The van der Waals surface area contributed by atoms with Crippen LogP contribution in [0.4, 0.5) is 0 Å². The van der Waals surface area contributed by atoms with Crippen LogP contribution < -0.4 is 10.6 Å². The fourth-order valence-electron chi connectivity index (χ4n) is 2.70. The number of rotatable bonds is 7. The van der Waals surface area contributed by atoms with Crippen molar-refractivity contribution in [3.63, 3.8) is 0 Å². The van der Waals surface area contributed by atoms with Gasteiger partial charge in [0.1, 0.15) is 5.15 Å². The van der Waals surface area contributed by atoms with Crippen LogP contribution in [-0.4, -0.2) is 34.3 Å². The van der Waals surface area contributed by atoms with E-state index in [1.54, 1.807) is 25.5 Å². The maximum absolute atomic E-state index is 5.81. The summed E-state index contributed by atoms with van der Waals surface area (Å²) in [5.41, 5.74) is 3.55. The highest BCUT2D eigenvalue weighted by Gasteiger charge is 2.01. The third kappa shape index (κ3) is 6.11. The van der Waals surface area contributed by atoms with E-state index in [2.05, 4.69) is 50.0 Å². The van der Waals surface area contributed by atoms with Crippen LogP contribution in [0.5, 0.6) is 0 Å². The quantitative estimate of drug-likeness (QED) is 0.374. The predicted octanol–water partition coefficient (Wildman–Crippen LogP) is 2.89. The molecule has 0 amide bonds. The Hall–Kier alpha value is -2.86. The van der Waals surface area contributed by atoms with Gasteiger partial charge in [-0.1, -0.05) is 41.9 Å². The van der Waals surface area contributed by atoms with Crippen molar-refractivity contribution in [3.05, 3.63) is 82.9 Å². The first kappa shape index (κ1) is 18.9. The van der Waals surface area contributed by atoms with Crippen molar-refractivity contribution in [2.75, 3.05) is 13.6 Å². The lowest BCUT2D eigenvalue weighted by atomic mass is 10.1. The van der Waals surface area contributed by atoms with Gasteiger partial charge in [0.2, 0.25) is 0 Å². The van der Waals surface area contributed by atoms with Gasteiger partial charge in [0, 0.05) is 38.7 Å². The van der Waals surface area contributed by atoms with E-state index in [1.165, 1.54) is 11.1 Å². The second kappa shape index (κ2) is 9.73. The first-order chi connectivity index (χ1) is 13.2. The van der Waals surface area contributed by atoms with Crippen LogP contribution >= 0.6 is 11.6 Å². The van der Waals surface area contributed by atoms with Crippen LogP contribution in [0.2, 0.25) is 5.15 Å². The first-order valence-electron chi connectivity index (χ1n) is 8.83. The summed E-state index contributed by atoms with van der Waals surface area (Å²) in [4.78, 5) is 8.37. The molecule has 0 atom stereocenters. The van der Waals surface area contributed by atoms with E-state index in [-0.39, 0.29) is 0 Å². The van der Waals surface area contributed by atoms with Crippen molar-refractivity contribution < 1.29 is 0 Å². The van der Waals surface area contributed by atoms with Crippen molar-refractivity contribution in [3.8, 4) is 0 Å². The first-order valence-corrected chi connectivity index (χ1v) is 9.21. The Kier molecular flexibility index (Phi) is 6.82. The summed E-state index contributed by atoms with van der Waals surface area (Å²) in [7, 11) is 1.77. The fraction of sp³-hybridized carbons (Fsp3) is 0.250. The number of aromatic nitrogens is 3. The molecule has 0 bridgehead atoms. The van der Waals surface area contributed by atoms with E-state index in [0.29, 0.717) is 11.7 Å². The van der Waals surface area contributed by atoms with E-state index in [1.807, 2.05) is 23.0 Å². The number of benzene rings is 1. The van der Waals surface area contributed by atoms with Crippen LogP contribution in [0.3, 0.4) is 0 Å². The Morgan fingerprint density at radius 1 is 1.11 bits per heavy atom. The third-order valence-electron chi connectivity index (χ3n) is 4.07. The van der Waals surface area contributed by atoms with Crippen molar-refractivity contribution in [1.82, 2.24) is 25.4 Å². The van der Waals surface area contributed by atoms with Crippen molar-refractivity contribution >= 4 is 17.6 Å². The van der Waals surface area contributed by atoms with Gasteiger partial charge in [0.15, 0.2) is 5.96 Å². The molecule has 0 radical (unpaired) electrons. The summed E-state index contributed by atoms with van der Waals surface area (Å²) in [6.45, 7) is 2.24. The van der Waals surface area contributed by atoms with Crippen LogP contribution in [-0.2, 0) is 19.5 Å². The summed E-state index contributed by atoms with van der Waals surface area (Å²) in [6, 6.07) is 14.2. The number of nitrogens with one attached hydrogen (secondary N) is 2. The molecule has 0 unspecified atom stereocenters. The molecule has 1 aromatic carbocycles. The largest absolute Gasteiger partial charge is 0.356 e. The zero-order valence-electron chi connectivity index (χ0n) is 15.3. The molecule has 0 aliphatic carbocycles. The van der Waals surface area contributed by atoms with Gasteiger partial charge in [-0.25, -0.2) is 4.98 Å². The SMILES string of the molecule is CN=C(NCCc1ccc(Cl)nc1)NCc1cccc(Cn2cccn2)c1. The van der Waals surface area contributed by atoms with Gasteiger partial charge in [-0.2, -0.15) is 5.10 Å². The molecule has 27 heavy (non-hydrogen) atoms. The topological polar surface area (TPSA) is 67.1 Å². The fourth-order valence-corrected chi connectivity index (χ4v) is 2.82. The van der Waals surface area contributed by atoms with E-state index >= 15 is 0 Å². The lowest BCUT2D eigenvalue weighted by Gasteiger charge is -2.12. The van der Waals surface area contributed by atoms with Crippen LogP contribution in [0.25, 0.3) is 0 Å². The lowest BCUT2D eigenvalue weighted by Crippen LogP contribution is -2.37. The zero-order chi connectivity index (χ0) is 18.9. The Bertz CT molecular complexity index is 858. The molecule has 3 aromatic rings. The number of aliphatic imine (C=N–C) groups is 1. The number of hydrogen-bond donors (Lipinski definition) is 2. The van der Waals surface area contributed by atoms with Gasteiger partial charge in [0.05, 0.1) is 6.54 Å². The molecule has 6 nitrogen and oxygen atoms in total. The summed E-state index contributed by atoms with van der Waals surface area (Å²) >= 11 is 5.81. The van der Waals surface area contributed by atoms with Gasteiger partial charge >= 0.3 is 0 Å². The molecule has 3 rings (SSSR count). The normalized spacial score (nSPS) is 11.4. The number of nitrogens with zero attached hydrogens (tertiary/aromatic N) is 4. The molecule has 0 aliphatic heterocycles. The Morgan fingerprint density at radius 2 is 2.00 bits per heavy atom. The Morgan fingerprint density at radius 3 is 2.74 bits per heavy atom. The molecule has 140 valence electrons. The minimum atomic E-state index is 0.513. The van der Waals surface area contributed by atoms with Gasteiger partial charge in [-0.3, -0.25) is 9.67 Å². The summed E-state index contributed by atoms with van der Waals surface area (Å²) in [5.74, 6) is 0.773. The molecule has 2 aromatic heterocycles. The molecule has 0 saturated heterocycles. The van der Waals surface area contributed by atoms with Crippen LogP contribution in [0, 0.1) is 0 Å². The molecule has 0 aliphatic rings. The predicted molar refractivity (Wildman–Crippen MR) is 109 cm³/mol. The van der Waals surface area contributed by atoms with Crippen molar-refractivity contribution in [1.29, 1.82) is 0 Å². The smallest absolute Gasteiger partial charge is 0.191 e. The maximum Gasteiger partial charge on any atom is 0.191 e. The standard InChI is InChI=1S/C20H23ClN6/c1-22-20(23-10-8-16-6-7-19(21)24-13-16)25-14-17-4-2-5-18(12-17)15-27-11-3-9-26-27/h2-7,9,11-13H,8,10,14-15H2,1H3,(H2,22,23,25). The number of hydrogen-bond acceptors (Lipinski definition) is 3. The zero-order valence-corrected chi connectivity index (χ0v) is 16.0. The molecule has 7 heteroatoms. The monoisotopic (exact) mass is 382 g/mol. The molecule has 0 fully saturated rings. The lowest BCUT2D eigenvalue weighted by molar-refractivity contribution is 0.685. The van der Waals surface area contributed by atoms with E-state index in [9.17, 15) is 0 Å². The highest BCUT2D eigenvalue weighted by atomic mass is 35.5. The summed E-state index contributed by atoms with van der Waals surface area (Å²) < 4.78 is 1.92. The second-order valence-corrected chi connectivity index (χ2v) is 6.50. The second-order valence-electron chi connectivity index (χ2n) is 6.12.